The number of sulfonamides is 1. The summed E-state index contributed by atoms with van der Waals surface area (Å²) in [5.74, 6) is -1.54. The van der Waals surface area contributed by atoms with Crippen molar-refractivity contribution in [1.29, 1.82) is 0 Å². The largest absolute Gasteiger partial charge is 0.323 e. The summed E-state index contributed by atoms with van der Waals surface area (Å²) in [6, 6.07) is 9.18. The van der Waals surface area contributed by atoms with Crippen molar-refractivity contribution in [2.45, 2.75) is 17.7 Å². The number of amides is 1. The number of hydrogen-bond donors (Lipinski definition) is 1. The minimum atomic E-state index is -3.83. The van der Waals surface area contributed by atoms with E-state index in [1.54, 1.807) is 18.2 Å². The molecular weight excluding hydrogens is 483 g/mol. The molecule has 1 aliphatic heterocycles. The van der Waals surface area contributed by atoms with Gasteiger partial charge in [-0.3, -0.25) is 4.79 Å². The average molecular weight is 499 g/mol. The van der Waals surface area contributed by atoms with Crippen molar-refractivity contribution in [3.05, 3.63) is 46.7 Å². The predicted molar refractivity (Wildman–Crippen MR) is 112 cm³/mol. The molecule has 11 heteroatoms. The zero-order valence-corrected chi connectivity index (χ0v) is 18.2. The fourth-order valence-electron chi connectivity index (χ4n) is 3.33. The number of carbonyl (C=O) groups is 1. The lowest BCUT2D eigenvalue weighted by Crippen LogP contribution is -2.43. The molecule has 0 bridgehead atoms. The van der Waals surface area contributed by atoms with E-state index in [-0.39, 0.29) is 17.1 Å². The van der Waals surface area contributed by atoms with Crippen LogP contribution in [0.25, 0.3) is 11.0 Å². The van der Waals surface area contributed by atoms with E-state index in [9.17, 15) is 17.6 Å². The highest BCUT2D eigenvalue weighted by Gasteiger charge is 2.34. The first-order valence-corrected chi connectivity index (χ1v) is 11.8. The third-order valence-electron chi connectivity index (χ3n) is 4.81. The molecule has 1 aliphatic rings. The van der Waals surface area contributed by atoms with E-state index in [0.29, 0.717) is 34.9 Å². The fourth-order valence-corrected chi connectivity index (χ4v) is 5.94. The second-order valence-corrected chi connectivity index (χ2v) is 10.1. The van der Waals surface area contributed by atoms with Crippen molar-refractivity contribution in [2.75, 3.05) is 18.4 Å². The topological polar surface area (TPSA) is 92.3 Å². The molecule has 4 rings (SSSR count). The van der Waals surface area contributed by atoms with Gasteiger partial charge in [-0.25, -0.2) is 12.8 Å². The van der Waals surface area contributed by atoms with Crippen molar-refractivity contribution in [3.8, 4) is 0 Å². The summed E-state index contributed by atoms with van der Waals surface area (Å²) in [4.78, 5) is 12.7. The molecule has 0 aliphatic carbocycles. The molecule has 1 saturated heterocycles. The maximum absolute atomic E-state index is 14.0. The highest BCUT2D eigenvalue weighted by molar-refractivity contribution is 9.10. The van der Waals surface area contributed by atoms with Crippen LogP contribution in [0.5, 0.6) is 0 Å². The Kier molecular flexibility index (Phi) is 5.65. The highest BCUT2D eigenvalue weighted by atomic mass is 79.9. The van der Waals surface area contributed by atoms with Crippen LogP contribution in [-0.2, 0) is 14.8 Å². The molecule has 2 aromatic carbocycles. The number of nitrogens with zero attached hydrogens (tertiary/aromatic N) is 3. The fraction of sp³-hybridized carbons (Fsp3) is 0.278. The number of halogens is 2. The van der Waals surface area contributed by atoms with E-state index in [1.807, 2.05) is 0 Å². The summed E-state index contributed by atoms with van der Waals surface area (Å²) in [5.41, 5.74) is 0.922. The van der Waals surface area contributed by atoms with E-state index in [0.717, 1.165) is 11.7 Å². The highest BCUT2D eigenvalue weighted by Crippen LogP contribution is 2.29. The van der Waals surface area contributed by atoms with Crippen LogP contribution in [-0.4, -0.2) is 40.5 Å². The Morgan fingerprint density at radius 2 is 2.10 bits per heavy atom. The molecule has 0 saturated carbocycles. The maximum Gasteiger partial charge on any atom is 0.245 e. The Hall–Kier alpha value is -1.95. The number of fused-ring (bicyclic) bond motifs is 1. The number of rotatable bonds is 4. The minimum absolute atomic E-state index is 0.0280. The standard InChI is InChI=1S/C18H16BrFN4O3S2/c19-12-6-7-14(13(20)9-12)21-18(25)11-3-2-8-24(10-11)29(26,27)16-5-1-4-15-17(16)23-28-22-15/h1,4-7,9,11H,2-3,8,10H2,(H,21,25)/t11-/m1/s1. The molecule has 0 spiro atoms. The van der Waals surface area contributed by atoms with Crippen molar-refractivity contribution < 1.29 is 17.6 Å². The molecule has 1 amide bonds. The SMILES string of the molecule is O=C(Nc1ccc(Br)cc1F)[C@@H]1CCCN(S(=O)(=O)c2cccc3nsnc23)C1. The first kappa shape index (κ1) is 20.3. The number of benzene rings is 2. The van der Waals surface area contributed by atoms with Gasteiger partial charge in [0.1, 0.15) is 21.7 Å². The van der Waals surface area contributed by atoms with Gasteiger partial charge in [-0.2, -0.15) is 13.1 Å². The van der Waals surface area contributed by atoms with Gasteiger partial charge in [-0.15, -0.1) is 0 Å². The van der Waals surface area contributed by atoms with Crippen LogP contribution in [0, 0.1) is 11.7 Å². The van der Waals surface area contributed by atoms with E-state index in [1.165, 1.54) is 22.5 Å². The summed E-state index contributed by atoms with van der Waals surface area (Å²) in [7, 11) is -3.83. The number of anilines is 1. The van der Waals surface area contributed by atoms with E-state index in [2.05, 4.69) is 30.0 Å². The smallest absolute Gasteiger partial charge is 0.245 e. The molecular formula is C18H16BrFN4O3S2. The van der Waals surface area contributed by atoms with E-state index in [4.69, 9.17) is 0 Å². The summed E-state index contributed by atoms with van der Waals surface area (Å²) in [6.45, 7) is 0.340. The van der Waals surface area contributed by atoms with Gasteiger partial charge in [-0.1, -0.05) is 22.0 Å². The third-order valence-corrected chi connectivity index (χ3v) is 7.74. The molecule has 1 N–H and O–H groups in total. The molecule has 7 nitrogen and oxygen atoms in total. The van der Waals surface area contributed by atoms with Gasteiger partial charge in [0.25, 0.3) is 0 Å². The Bertz CT molecular complexity index is 1180. The van der Waals surface area contributed by atoms with Gasteiger partial charge in [-0.05, 0) is 43.2 Å². The Morgan fingerprint density at radius 1 is 1.28 bits per heavy atom. The molecule has 152 valence electrons. The van der Waals surface area contributed by atoms with Gasteiger partial charge in [0.2, 0.25) is 15.9 Å². The summed E-state index contributed by atoms with van der Waals surface area (Å²) >= 11 is 4.12. The van der Waals surface area contributed by atoms with Gasteiger partial charge in [0.15, 0.2) is 0 Å². The van der Waals surface area contributed by atoms with Crippen molar-refractivity contribution in [2.24, 2.45) is 5.92 Å². The Balaban J connectivity index is 1.54. The first-order chi connectivity index (χ1) is 13.9. The van der Waals surface area contributed by atoms with Crippen LogP contribution in [0.1, 0.15) is 12.8 Å². The monoisotopic (exact) mass is 498 g/mol. The van der Waals surface area contributed by atoms with E-state index < -0.39 is 27.7 Å². The van der Waals surface area contributed by atoms with Gasteiger partial charge in [0.05, 0.1) is 23.3 Å². The lowest BCUT2D eigenvalue weighted by Gasteiger charge is -2.31. The van der Waals surface area contributed by atoms with Crippen molar-refractivity contribution >= 4 is 60.3 Å². The van der Waals surface area contributed by atoms with Crippen LogP contribution in [0.3, 0.4) is 0 Å². The Morgan fingerprint density at radius 3 is 2.90 bits per heavy atom. The van der Waals surface area contributed by atoms with Crippen LogP contribution < -0.4 is 5.32 Å². The normalized spacial score (nSPS) is 18.1. The zero-order chi connectivity index (χ0) is 20.6. The molecule has 0 unspecified atom stereocenters. The molecule has 1 atom stereocenters. The molecule has 1 aromatic heterocycles. The Labute approximate surface area is 179 Å². The number of carbonyl (C=O) groups excluding carboxylic acids is 1. The summed E-state index contributed by atoms with van der Waals surface area (Å²) in [6.07, 6.45) is 1.06. The maximum atomic E-state index is 14.0. The van der Waals surface area contributed by atoms with Gasteiger partial charge >= 0.3 is 0 Å². The molecule has 3 aromatic rings. The quantitative estimate of drug-likeness (QED) is 0.592. The van der Waals surface area contributed by atoms with Crippen molar-refractivity contribution in [3.63, 3.8) is 0 Å². The van der Waals surface area contributed by atoms with E-state index >= 15 is 0 Å². The summed E-state index contributed by atoms with van der Waals surface area (Å²) < 4.78 is 50.4. The van der Waals surface area contributed by atoms with Crippen LogP contribution >= 0.6 is 27.7 Å². The molecule has 1 fully saturated rings. The first-order valence-electron chi connectivity index (χ1n) is 8.83. The predicted octanol–water partition coefficient (Wildman–Crippen LogP) is 3.63. The zero-order valence-electron chi connectivity index (χ0n) is 15.0. The number of piperidine rings is 1. The van der Waals surface area contributed by atoms with Gasteiger partial charge < -0.3 is 5.32 Å². The number of aromatic nitrogens is 2. The second kappa shape index (κ2) is 8.05. The van der Waals surface area contributed by atoms with Crippen LogP contribution in [0.15, 0.2) is 45.8 Å². The van der Waals surface area contributed by atoms with Crippen molar-refractivity contribution in [1.82, 2.24) is 13.1 Å². The molecule has 2 heterocycles. The minimum Gasteiger partial charge on any atom is -0.323 e. The summed E-state index contributed by atoms with van der Waals surface area (Å²) in [5, 5.41) is 2.57. The lowest BCUT2D eigenvalue weighted by atomic mass is 9.98. The van der Waals surface area contributed by atoms with Crippen LogP contribution in [0.2, 0.25) is 0 Å². The number of hydrogen-bond acceptors (Lipinski definition) is 6. The van der Waals surface area contributed by atoms with Gasteiger partial charge in [0, 0.05) is 17.6 Å². The number of nitrogens with one attached hydrogen (secondary N) is 1. The van der Waals surface area contributed by atoms with Crippen LogP contribution in [0.4, 0.5) is 10.1 Å². The third kappa shape index (κ3) is 4.04. The second-order valence-electron chi connectivity index (χ2n) is 6.70. The molecule has 29 heavy (non-hydrogen) atoms. The molecule has 0 radical (unpaired) electrons. The lowest BCUT2D eigenvalue weighted by molar-refractivity contribution is -0.120. The average Bonchev–Trinajstić information content (AvgIpc) is 3.19.